The molecule has 2 fully saturated rings. The monoisotopic (exact) mass is 300 g/mol. The highest BCUT2D eigenvalue weighted by molar-refractivity contribution is 5.83. The molecule has 21 heavy (non-hydrogen) atoms. The molecule has 0 radical (unpaired) electrons. The lowest BCUT2D eigenvalue weighted by Crippen LogP contribution is -2.62. The SMILES string of the molecule is O=C1CN(c2ccc(C(F)(F)F)nn2)C2CCCCC2N1. The minimum atomic E-state index is -4.50. The van der Waals surface area contributed by atoms with Crippen LogP contribution in [0.4, 0.5) is 19.0 Å². The number of amides is 1. The van der Waals surface area contributed by atoms with E-state index in [-0.39, 0.29) is 24.5 Å². The number of hydrogen-bond acceptors (Lipinski definition) is 4. The lowest BCUT2D eigenvalue weighted by Gasteiger charge is -2.44. The minimum absolute atomic E-state index is 0.0455. The Morgan fingerprint density at radius 3 is 2.62 bits per heavy atom. The Morgan fingerprint density at radius 1 is 1.19 bits per heavy atom. The molecule has 114 valence electrons. The van der Waals surface area contributed by atoms with Gasteiger partial charge < -0.3 is 10.2 Å². The zero-order valence-electron chi connectivity index (χ0n) is 11.2. The molecule has 8 heteroatoms. The van der Waals surface area contributed by atoms with Crippen LogP contribution in [-0.4, -0.2) is 34.7 Å². The summed E-state index contributed by atoms with van der Waals surface area (Å²) >= 11 is 0. The quantitative estimate of drug-likeness (QED) is 0.858. The third kappa shape index (κ3) is 2.79. The van der Waals surface area contributed by atoms with Gasteiger partial charge in [0.25, 0.3) is 0 Å². The second-order valence-corrected chi connectivity index (χ2v) is 5.43. The van der Waals surface area contributed by atoms with Crippen molar-refractivity contribution in [1.29, 1.82) is 0 Å². The molecule has 3 rings (SSSR count). The summed E-state index contributed by atoms with van der Waals surface area (Å²) in [6, 6.07) is 2.33. The van der Waals surface area contributed by atoms with Gasteiger partial charge in [0.05, 0.1) is 12.6 Å². The first-order valence-corrected chi connectivity index (χ1v) is 6.92. The first-order valence-electron chi connectivity index (χ1n) is 6.92. The molecule has 1 aromatic heterocycles. The number of nitrogens with zero attached hydrogens (tertiary/aromatic N) is 3. The molecule has 1 saturated heterocycles. The summed E-state index contributed by atoms with van der Waals surface area (Å²) in [6.07, 6.45) is -0.623. The molecular formula is C13H15F3N4O. The molecule has 5 nitrogen and oxygen atoms in total. The van der Waals surface area contributed by atoms with Crippen LogP contribution in [0.5, 0.6) is 0 Å². The van der Waals surface area contributed by atoms with E-state index in [1.54, 1.807) is 4.90 Å². The molecule has 0 aromatic carbocycles. The van der Waals surface area contributed by atoms with Crippen LogP contribution in [0.2, 0.25) is 0 Å². The van der Waals surface area contributed by atoms with Crippen molar-refractivity contribution in [3.63, 3.8) is 0 Å². The highest BCUT2D eigenvalue weighted by atomic mass is 19.4. The largest absolute Gasteiger partial charge is 0.435 e. The number of carbonyl (C=O) groups is 1. The summed E-state index contributed by atoms with van der Waals surface area (Å²) in [5.41, 5.74) is -1.02. The maximum absolute atomic E-state index is 12.5. The predicted molar refractivity (Wildman–Crippen MR) is 68.6 cm³/mol. The van der Waals surface area contributed by atoms with E-state index >= 15 is 0 Å². The zero-order valence-corrected chi connectivity index (χ0v) is 11.2. The van der Waals surface area contributed by atoms with Crippen molar-refractivity contribution in [3.05, 3.63) is 17.8 Å². The van der Waals surface area contributed by atoms with Gasteiger partial charge in [0.1, 0.15) is 0 Å². The Bertz CT molecular complexity index is 531. The van der Waals surface area contributed by atoms with Gasteiger partial charge in [0, 0.05) is 6.04 Å². The summed E-state index contributed by atoms with van der Waals surface area (Å²) in [5.74, 6) is 0.203. The van der Waals surface area contributed by atoms with Gasteiger partial charge in [0.15, 0.2) is 11.5 Å². The number of anilines is 1. The normalized spacial score (nSPS) is 26.2. The van der Waals surface area contributed by atoms with E-state index in [1.807, 2.05) is 0 Å². The van der Waals surface area contributed by atoms with Crippen molar-refractivity contribution in [2.75, 3.05) is 11.4 Å². The average Bonchev–Trinajstić information content (AvgIpc) is 2.45. The third-order valence-electron chi connectivity index (χ3n) is 4.03. The van der Waals surface area contributed by atoms with Crippen molar-refractivity contribution in [1.82, 2.24) is 15.5 Å². The lowest BCUT2D eigenvalue weighted by atomic mass is 9.87. The van der Waals surface area contributed by atoms with Crippen molar-refractivity contribution in [2.45, 2.75) is 43.9 Å². The average molecular weight is 300 g/mol. The maximum atomic E-state index is 12.5. The van der Waals surface area contributed by atoms with Gasteiger partial charge in [0.2, 0.25) is 5.91 Å². The number of rotatable bonds is 1. The predicted octanol–water partition coefficient (Wildman–Crippen LogP) is 1.74. The standard InChI is InChI=1S/C13H15F3N4O/c14-13(15,16)10-5-6-11(19-18-10)20-7-12(21)17-8-3-1-2-4-9(8)20/h5-6,8-9H,1-4,7H2,(H,17,21). The molecule has 0 bridgehead atoms. The highest BCUT2D eigenvalue weighted by Gasteiger charge is 2.38. The van der Waals surface area contributed by atoms with Crippen LogP contribution < -0.4 is 10.2 Å². The molecule has 1 N–H and O–H groups in total. The molecule has 0 spiro atoms. The topological polar surface area (TPSA) is 58.1 Å². The summed E-state index contributed by atoms with van der Waals surface area (Å²) in [4.78, 5) is 13.5. The van der Waals surface area contributed by atoms with Crippen molar-refractivity contribution >= 4 is 11.7 Å². The minimum Gasteiger partial charge on any atom is -0.350 e. The van der Waals surface area contributed by atoms with Crippen molar-refractivity contribution in [3.8, 4) is 0 Å². The number of nitrogens with one attached hydrogen (secondary N) is 1. The number of piperazine rings is 1. The number of alkyl halides is 3. The molecular weight excluding hydrogens is 285 g/mol. The van der Waals surface area contributed by atoms with Crippen molar-refractivity contribution < 1.29 is 18.0 Å². The van der Waals surface area contributed by atoms with Crippen LogP contribution in [0.25, 0.3) is 0 Å². The van der Waals surface area contributed by atoms with Gasteiger partial charge in [-0.05, 0) is 25.0 Å². The maximum Gasteiger partial charge on any atom is 0.435 e. The molecule has 1 saturated carbocycles. The van der Waals surface area contributed by atoms with Crippen LogP contribution >= 0.6 is 0 Å². The number of fused-ring (bicyclic) bond motifs is 1. The Morgan fingerprint density at radius 2 is 1.95 bits per heavy atom. The van der Waals surface area contributed by atoms with Crippen LogP contribution in [0.3, 0.4) is 0 Å². The Labute approximate surface area is 119 Å². The van der Waals surface area contributed by atoms with E-state index < -0.39 is 11.9 Å². The zero-order chi connectivity index (χ0) is 15.0. The van der Waals surface area contributed by atoms with Crippen LogP contribution in [-0.2, 0) is 11.0 Å². The van der Waals surface area contributed by atoms with Gasteiger partial charge in [-0.15, -0.1) is 10.2 Å². The van der Waals surface area contributed by atoms with Gasteiger partial charge in [-0.2, -0.15) is 13.2 Å². The van der Waals surface area contributed by atoms with Gasteiger partial charge in [-0.1, -0.05) is 12.8 Å². The summed E-state index contributed by atoms with van der Waals surface area (Å²) in [7, 11) is 0. The number of hydrogen-bond donors (Lipinski definition) is 1. The third-order valence-corrected chi connectivity index (χ3v) is 4.03. The van der Waals surface area contributed by atoms with Crippen LogP contribution in [0.15, 0.2) is 12.1 Å². The number of aromatic nitrogens is 2. The van der Waals surface area contributed by atoms with Crippen molar-refractivity contribution in [2.24, 2.45) is 0 Å². The fourth-order valence-electron chi connectivity index (χ4n) is 3.06. The Balaban J connectivity index is 1.85. The summed E-state index contributed by atoms with van der Waals surface area (Å²) in [5, 5.41) is 9.85. The fourth-order valence-corrected chi connectivity index (χ4v) is 3.06. The lowest BCUT2D eigenvalue weighted by molar-refractivity contribution is -0.141. The summed E-state index contributed by atoms with van der Waals surface area (Å²) in [6.45, 7) is 0.112. The number of halogens is 3. The van der Waals surface area contributed by atoms with Crippen LogP contribution in [0.1, 0.15) is 31.4 Å². The van der Waals surface area contributed by atoms with Gasteiger partial charge in [-0.3, -0.25) is 4.79 Å². The molecule has 2 atom stereocenters. The molecule has 1 aliphatic carbocycles. The van der Waals surface area contributed by atoms with E-state index in [4.69, 9.17) is 0 Å². The highest BCUT2D eigenvalue weighted by Crippen LogP contribution is 2.31. The molecule has 1 aromatic rings. The first-order chi connectivity index (χ1) is 9.95. The van der Waals surface area contributed by atoms with E-state index in [0.717, 1.165) is 31.7 Å². The van der Waals surface area contributed by atoms with Gasteiger partial charge >= 0.3 is 6.18 Å². The van der Waals surface area contributed by atoms with Gasteiger partial charge in [-0.25, -0.2) is 0 Å². The van der Waals surface area contributed by atoms with Crippen LogP contribution in [0, 0.1) is 0 Å². The molecule has 2 heterocycles. The second kappa shape index (κ2) is 5.16. The number of carbonyl (C=O) groups excluding carboxylic acids is 1. The fraction of sp³-hybridized carbons (Fsp3) is 0.615. The molecule has 2 aliphatic rings. The molecule has 1 amide bonds. The molecule has 1 aliphatic heterocycles. The first kappa shape index (κ1) is 14.1. The van der Waals surface area contributed by atoms with E-state index in [0.29, 0.717) is 5.82 Å². The smallest absolute Gasteiger partial charge is 0.350 e. The second-order valence-electron chi connectivity index (χ2n) is 5.43. The Kier molecular flexibility index (Phi) is 3.46. The summed E-state index contributed by atoms with van der Waals surface area (Å²) < 4.78 is 37.5. The van der Waals surface area contributed by atoms with E-state index in [9.17, 15) is 18.0 Å². The Hall–Kier alpha value is -1.86. The van der Waals surface area contributed by atoms with E-state index in [2.05, 4.69) is 15.5 Å². The van der Waals surface area contributed by atoms with E-state index in [1.165, 1.54) is 6.07 Å². The molecule has 2 unspecified atom stereocenters.